The summed E-state index contributed by atoms with van der Waals surface area (Å²) in [7, 11) is 0. The summed E-state index contributed by atoms with van der Waals surface area (Å²) in [5.74, 6) is -0.839. The molecule has 6 heteroatoms. The Morgan fingerprint density at radius 2 is 0.434 bits per heavy atom. The average Bonchev–Trinajstić information content (AvgIpc) is 3.50. The lowest BCUT2D eigenvalue weighted by atomic mass is 10.0. The van der Waals surface area contributed by atoms with E-state index in [2.05, 4.69) is 45.1 Å². The number of unbranched alkanes of at least 4 members (excludes halogenated alkanes) is 56. The van der Waals surface area contributed by atoms with Crippen molar-refractivity contribution in [2.75, 3.05) is 13.2 Å². The van der Waals surface area contributed by atoms with Crippen LogP contribution in [0, 0.1) is 0 Å². The Morgan fingerprint density at radius 1 is 0.241 bits per heavy atom. The van der Waals surface area contributed by atoms with Gasteiger partial charge in [0.1, 0.15) is 13.2 Å². The fourth-order valence-electron chi connectivity index (χ4n) is 11.8. The average molecular weight is 1170 g/mol. The molecule has 1 atom stereocenters. The second-order valence-electron chi connectivity index (χ2n) is 25.9. The second-order valence-corrected chi connectivity index (χ2v) is 25.9. The summed E-state index contributed by atoms with van der Waals surface area (Å²) in [4.78, 5) is 38.5. The van der Waals surface area contributed by atoms with Crippen LogP contribution in [0.5, 0.6) is 0 Å². The van der Waals surface area contributed by atoms with E-state index in [4.69, 9.17) is 14.2 Å². The van der Waals surface area contributed by atoms with Crippen LogP contribution in [0.2, 0.25) is 0 Å². The van der Waals surface area contributed by atoms with Crippen LogP contribution in [0.1, 0.15) is 432 Å². The van der Waals surface area contributed by atoms with E-state index in [0.717, 1.165) is 70.6 Å². The first-order chi connectivity index (χ1) is 41.0. The molecule has 0 radical (unpaired) electrons. The molecule has 0 heterocycles. The smallest absolute Gasteiger partial charge is 0.306 e. The molecule has 0 amide bonds. The van der Waals surface area contributed by atoms with E-state index in [1.807, 2.05) is 0 Å². The molecule has 6 nitrogen and oxygen atoms in total. The van der Waals surface area contributed by atoms with Crippen molar-refractivity contribution in [1.29, 1.82) is 0 Å². The van der Waals surface area contributed by atoms with E-state index in [9.17, 15) is 14.4 Å². The second kappa shape index (κ2) is 72.4. The number of ether oxygens (including phenoxy) is 3. The van der Waals surface area contributed by atoms with Crippen molar-refractivity contribution < 1.29 is 28.6 Å². The van der Waals surface area contributed by atoms with Gasteiger partial charge in [0.25, 0.3) is 0 Å². The van der Waals surface area contributed by atoms with Gasteiger partial charge in [-0.3, -0.25) is 14.4 Å². The van der Waals surface area contributed by atoms with Gasteiger partial charge in [-0.15, -0.1) is 0 Å². The lowest BCUT2D eigenvalue weighted by Gasteiger charge is -2.18. The third-order valence-electron chi connectivity index (χ3n) is 17.5. The first-order valence-electron chi connectivity index (χ1n) is 37.8. The largest absolute Gasteiger partial charge is 0.462 e. The molecule has 0 spiro atoms. The summed E-state index contributed by atoms with van der Waals surface area (Å²) in [6.07, 6.45) is 89.4. The molecule has 0 aromatic heterocycles. The highest BCUT2D eigenvalue weighted by Gasteiger charge is 2.20. The lowest BCUT2D eigenvalue weighted by Crippen LogP contribution is -2.30. The molecule has 0 saturated carbocycles. The molecule has 0 saturated heterocycles. The summed E-state index contributed by atoms with van der Waals surface area (Å²) in [5, 5.41) is 0. The van der Waals surface area contributed by atoms with E-state index in [-0.39, 0.29) is 31.1 Å². The fraction of sp³-hybridized carbons (Fsp3) is 0.909. The predicted octanol–water partition coefficient (Wildman–Crippen LogP) is 26.1. The van der Waals surface area contributed by atoms with Gasteiger partial charge in [0, 0.05) is 19.3 Å². The van der Waals surface area contributed by atoms with Crippen LogP contribution in [0.3, 0.4) is 0 Å². The number of rotatable bonds is 71. The van der Waals surface area contributed by atoms with E-state index in [1.165, 1.54) is 321 Å². The molecule has 0 fully saturated rings. The van der Waals surface area contributed by atoms with Crippen LogP contribution in [0.25, 0.3) is 0 Å². The van der Waals surface area contributed by atoms with E-state index >= 15 is 0 Å². The van der Waals surface area contributed by atoms with Gasteiger partial charge in [0.05, 0.1) is 0 Å². The van der Waals surface area contributed by atoms with E-state index < -0.39 is 6.10 Å². The molecule has 0 aliphatic rings. The Morgan fingerprint density at radius 3 is 0.675 bits per heavy atom. The van der Waals surface area contributed by atoms with Gasteiger partial charge in [-0.25, -0.2) is 0 Å². The SMILES string of the molecule is CCCCCC/C=C\C/C=C\CCCCCCCCCC(=O)OC(COC(=O)CCCCCCCCCCCCCCCCCCCC)COC(=O)CCCCCCCCCCCCCCCCCCCCCCCCCCCCCCC. The number of esters is 3. The van der Waals surface area contributed by atoms with Gasteiger partial charge < -0.3 is 14.2 Å². The van der Waals surface area contributed by atoms with Gasteiger partial charge in [0.2, 0.25) is 0 Å². The van der Waals surface area contributed by atoms with Crippen LogP contribution in [-0.2, 0) is 28.6 Å². The molecule has 0 rings (SSSR count). The summed E-state index contributed by atoms with van der Waals surface area (Å²) >= 11 is 0. The first-order valence-corrected chi connectivity index (χ1v) is 37.8. The standard InChI is InChI=1S/C77H146O6/c1-4-7-10-13-16-19-22-25-28-31-34-35-36-37-38-39-40-41-42-43-44-47-49-52-55-58-61-64-67-70-76(79)82-73-74(83-77(80)71-68-65-62-59-56-53-50-46-33-30-27-24-21-18-15-12-9-6-3)72-81-75(78)69-66-63-60-57-54-51-48-45-32-29-26-23-20-17-14-11-8-5-2/h21,24,30,33,74H,4-20,22-23,25-29,31-32,34-73H2,1-3H3/b24-21-,33-30-. The van der Waals surface area contributed by atoms with E-state index in [1.54, 1.807) is 0 Å². The van der Waals surface area contributed by atoms with Gasteiger partial charge >= 0.3 is 17.9 Å². The van der Waals surface area contributed by atoms with Crippen molar-refractivity contribution >= 4 is 17.9 Å². The van der Waals surface area contributed by atoms with Crippen molar-refractivity contribution in [1.82, 2.24) is 0 Å². The lowest BCUT2D eigenvalue weighted by molar-refractivity contribution is -0.167. The number of allylic oxidation sites excluding steroid dienone is 4. The van der Waals surface area contributed by atoms with Crippen LogP contribution in [-0.4, -0.2) is 37.2 Å². The zero-order valence-electron chi connectivity index (χ0n) is 56.5. The highest BCUT2D eigenvalue weighted by atomic mass is 16.6. The Hall–Kier alpha value is -2.11. The maximum atomic E-state index is 13.0. The number of carbonyl (C=O) groups excluding carboxylic acids is 3. The molecule has 0 bridgehead atoms. The Bertz CT molecular complexity index is 1340. The van der Waals surface area contributed by atoms with Crippen molar-refractivity contribution in [2.24, 2.45) is 0 Å². The van der Waals surface area contributed by atoms with Crippen LogP contribution < -0.4 is 0 Å². The molecule has 83 heavy (non-hydrogen) atoms. The normalized spacial score (nSPS) is 12.1. The van der Waals surface area contributed by atoms with Crippen molar-refractivity contribution in [2.45, 2.75) is 438 Å². The third kappa shape index (κ3) is 70.5. The summed E-state index contributed by atoms with van der Waals surface area (Å²) < 4.78 is 17.0. The monoisotopic (exact) mass is 1170 g/mol. The number of hydrogen-bond donors (Lipinski definition) is 0. The topological polar surface area (TPSA) is 78.9 Å². The van der Waals surface area contributed by atoms with Crippen molar-refractivity contribution in [3.8, 4) is 0 Å². The minimum atomic E-state index is -0.773. The van der Waals surface area contributed by atoms with Crippen LogP contribution >= 0.6 is 0 Å². The third-order valence-corrected chi connectivity index (χ3v) is 17.5. The van der Waals surface area contributed by atoms with Gasteiger partial charge in [-0.05, 0) is 51.4 Å². The molecule has 0 aromatic carbocycles. The van der Waals surface area contributed by atoms with Gasteiger partial charge in [-0.2, -0.15) is 0 Å². The van der Waals surface area contributed by atoms with Gasteiger partial charge in [0.15, 0.2) is 6.10 Å². The summed E-state index contributed by atoms with van der Waals surface area (Å²) in [5.41, 5.74) is 0. The predicted molar refractivity (Wildman–Crippen MR) is 363 cm³/mol. The Labute approximate surface area is 519 Å². The molecule has 1 unspecified atom stereocenters. The zero-order chi connectivity index (χ0) is 59.9. The molecule has 490 valence electrons. The molecule has 0 aliphatic heterocycles. The molecular formula is C77H146O6. The van der Waals surface area contributed by atoms with Crippen LogP contribution in [0.4, 0.5) is 0 Å². The highest BCUT2D eigenvalue weighted by molar-refractivity contribution is 5.71. The minimum absolute atomic E-state index is 0.0678. The highest BCUT2D eigenvalue weighted by Crippen LogP contribution is 2.20. The molecular weight excluding hydrogens is 1020 g/mol. The maximum absolute atomic E-state index is 13.0. The van der Waals surface area contributed by atoms with E-state index in [0.29, 0.717) is 19.3 Å². The Balaban J connectivity index is 4.21. The van der Waals surface area contributed by atoms with Crippen LogP contribution in [0.15, 0.2) is 24.3 Å². The quantitative estimate of drug-likeness (QED) is 0.0261. The number of carbonyl (C=O) groups is 3. The minimum Gasteiger partial charge on any atom is -0.462 e. The maximum Gasteiger partial charge on any atom is 0.306 e. The fourth-order valence-corrected chi connectivity index (χ4v) is 11.8. The van der Waals surface area contributed by atoms with Gasteiger partial charge in [-0.1, -0.05) is 385 Å². The molecule has 0 N–H and O–H groups in total. The Kier molecular flexibility index (Phi) is 70.5. The molecule has 0 aliphatic carbocycles. The first kappa shape index (κ1) is 80.9. The molecule has 0 aromatic rings. The summed E-state index contributed by atoms with van der Waals surface area (Å²) in [6.45, 7) is 6.71. The zero-order valence-corrected chi connectivity index (χ0v) is 56.5. The number of hydrogen-bond acceptors (Lipinski definition) is 6. The summed E-state index contributed by atoms with van der Waals surface area (Å²) in [6, 6.07) is 0. The van der Waals surface area contributed by atoms with Crippen molar-refractivity contribution in [3.05, 3.63) is 24.3 Å². The van der Waals surface area contributed by atoms with Crippen molar-refractivity contribution in [3.63, 3.8) is 0 Å².